The first-order chi connectivity index (χ1) is 14.1. The number of carbonyl (C=O) groups excluding carboxylic acids is 1. The van der Waals surface area contributed by atoms with Gasteiger partial charge in [-0.3, -0.25) is 4.79 Å². The smallest absolute Gasteiger partial charge is 0.255 e. The minimum absolute atomic E-state index is 0.225. The van der Waals surface area contributed by atoms with Crippen LogP contribution in [-0.2, 0) is 6.61 Å². The van der Waals surface area contributed by atoms with Gasteiger partial charge in [0, 0.05) is 16.8 Å². The maximum atomic E-state index is 13.3. The standard InChI is InChI=1S/C23H22FNO4/c1-3-28-22-12-7-16(23(26)25-19-6-4-5-18(24)14-19)13-17(22)15-29-21-10-8-20(27-2)9-11-21/h4-14H,3,15H2,1-2H3,(H,25,26). The van der Waals surface area contributed by atoms with Gasteiger partial charge < -0.3 is 19.5 Å². The third-order valence-corrected chi connectivity index (χ3v) is 4.16. The average molecular weight is 395 g/mol. The predicted molar refractivity (Wildman–Crippen MR) is 109 cm³/mol. The van der Waals surface area contributed by atoms with Crippen molar-refractivity contribution in [2.75, 3.05) is 19.0 Å². The molecule has 150 valence electrons. The van der Waals surface area contributed by atoms with Gasteiger partial charge in [0.1, 0.15) is 29.7 Å². The van der Waals surface area contributed by atoms with Crippen LogP contribution in [0.5, 0.6) is 17.2 Å². The molecule has 3 rings (SSSR count). The van der Waals surface area contributed by atoms with E-state index in [1.807, 2.05) is 19.1 Å². The zero-order chi connectivity index (χ0) is 20.6. The van der Waals surface area contributed by atoms with Crippen molar-refractivity contribution >= 4 is 11.6 Å². The lowest BCUT2D eigenvalue weighted by Gasteiger charge is -2.14. The Morgan fingerprint density at radius 1 is 0.966 bits per heavy atom. The van der Waals surface area contributed by atoms with Crippen LogP contribution in [0, 0.1) is 5.82 Å². The van der Waals surface area contributed by atoms with Gasteiger partial charge in [0.25, 0.3) is 5.91 Å². The Morgan fingerprint density at radius 2 is 1.72 bits per heavy atom. The summed E-state index contributed by atoms with van der Waals surface area (Å²) >= 11 is 0. The number of rotatable bonds is 8. The predicted octanol–water partition coefficient (Wildman–Crippen LogP) is 5.06. The fraction of sp³-hybridized carbons (Fsp3) is 0.174. The summed E-state index contributed by atoms with van der Waals surface area (Å²) in [5.41, 5.74) is 1.54. The molecule has 3 aromatic rings. The fourth-order valence-electron chi connectivity index (χ4n) is 2.73. The van der Waals surface area contributed by atoms with Crippen LogP contribution in [0.15, 0.2) is 66.7 Å². The largest absolute Gasteiger partial charge is 0.497 e. The second-order valence-corrected chi connectivity index (χ2v) is 6.18. The normalized spacial score (nSPS) is 10.3. The molecule has 0 fully saturated rings. The second-order valence-electron chi connectivity index (χ2n) is 6.18. The minimum Gasteiger partial charge on any atom is -0.497 e. The highest BCUT2D eigenvalue weighted by Crippen LogP contribution is 2.24. The molecule has 6 heteroatoms. The molecule has 3 aromatic carbocycles. The van der Waals surface area contributed by atoms with E-state index in [0.717, 1.165) is 11.3 Å². The third kappa shape index (κ3) is 5.48. The van der Waals surface area contributed by atoms with Crippen LogP contribution in [0.3, 0.4) is 0 Å². The van der Waals surface area contributed by atoms with Crippen molar-refractivity contribution in [2.45, 2.75) is 13.5 Å². The summed E-state index contributed by atoms with van der Waals surface area (Å²) in [7, 11) is 1.60. The number of amides is 1. The number of carbonyl (C=O) groups is 1. The molecule has 1 N–H and O–H groups in total. The lowest BCUT2D eigenvalue weighted by Crippen LogP contribution is -2.13. The molecule has 5 nitrogen and oxygen atoms in total. The molecule has 0 heterocycles. The first kappa shape index (κ1) is 20.2. The van der Waals surface area contributed by atoms with Crippen LogP contribution < -0.4 is 19.5 Å². The number of ether oxygens (including phenoxy) is 3. The molecular weight excluding hydrogens is 373 g/mol. The van der Waals surface area contributed by atoms with Crippen molar-refractivity contribution in [3.63, 3.8) is 0 Å². The van der Waals surface area contributed by atoms with Crippen LogP contribution in [-0.4, -0.2) is 19.6 Å². The lowest BCUT2D eigenvalue weighted by atomic mass is 10.1. The molecule has 0 aliphatic rings. The van der Waals surface area contributed by atoms with Crippen LogP contribution in [0.2, 0.25) is 0 Å². The van der Waals surface area contributed by atoms with Gasteiger partial charge in [-0.25, -0.2) is 4.39 Å². The van der Waals surface area contributed by atoms with E-state index in [1.54, 1.807) is 43.5 Å². The Morgan fingerprint density at radius 3 is 2.41 bits per heavy atom. The Bertz CT molecular complexity index is 973. The van der Waals surface area contributed by atoms with Crippen molar-refractivity contribution in [3.8, 4) is 17.2 Å². The van der Waals surface area contributed by atoms with E-state index in [2.05, 4.69) is 5.32 Å². The maximum absolute atomic E-state index is 13.3. The molecule has 0 saturated carbocycles. The molecular formula is C23H22FNO4. The SMILES string of the molecule is CCOc1ccc(C(=O)Nc2cccc(F)c2)cc1COc1ccc(OC)cc1. The molecule has 29 heavy (non-hydrogen) atoms. The summed E-state index contributed by atoms with van der Waals surface area (Å²) in [6.45, 7) is 2.60. The summed E-state index contributed by atoms with van der Waals surface area (Å²) < 4.78 is 30.0. The van der Waals surface area contributed by atoms with E-state index in [9.17, 15) is 9.18 Å². The molecule has 0 radical (unpaired) electrons. The van der Waals surface area contributed by atoms with Gasteiger partial charge in [-0.05, 0) is 67.6 Å². The Balaban J connectivity index is 1.76. The summed E-state index contributed by atoms with van der Waals surface area (Å²) in [4.78, 5) is 12.6. The number of anilines is 1. The number of benzene rings is 3. The minimum atomic E-state index is -0.414. The van der Waals surface area contributed by atoms with Gasteiger partial charge in [0.05, 0.1) is 13.7 Å². The summed E-state index contributed by atoms with van der Waals surface area (Å²) in [6, 6.07) is 18.1. The van der Waals surface area contributed by atoms with Crippen LogP contribution in [0.25, 0.3) is 0 Å². The highest BCUT2D eigenvalue weighted by atomic mass is 19.1. The van der Waals surface area contributed by atoms with Crippen molar-refractivity contribution in [2.24, 2.45) is 0 Å². The Kier molecular flexibility index (Phi) is 6.68. The second kappa shape index (κ2) is 9.59. The van der Waals surface area contributed by atoms with Crippen LogP contribution in [0.4, 0.5) is 10.1 Å². The van der Waals surface area contributed by atoms with Crippen LogP contribution >= 0.6 is 0 Å². The number of hydrogen-bond donors (Lipinski definition) is 1. The average Bonchev–Trinajstić information content (AvgIpc) is 2.73. The van der Waals surface area contributed by atoms with Gasteiger partial charge in [0.2, 0.25) is 0 Å². The molecule has 0 aliphatic carbocycles. The Labute approximate surface area is 169 Å². The van der Waals surface area contributed by atoms with Crippen molar-refractivity contribution in [3.05, 3.63) is 83.7 Å². The highest BCUT2D eigenvalue weighted by Gasteiger charge is 2.12. The number of halogens is 1. The van der Waals surface area contributed by atoms with Gasteiger partial charge in [-0.1, -0.05) is 6.07 Å². The zero-order valence-electron chi connectivity index (χ0n) is 16.3. The third-order valence-electron chi connectivity index (χ3n) is 4.16. The summed E-state index contributed by atoms with van der Waals surface area (Å²) in [6.07, 6.45) is 0. The maximum Gasteiger partial charge on any atom is 0.255 e. The van der Waals surface area contributed by atoms with E-state index in [-0.39, 0.29) is 12.5 Å². The van der Waals surface area contributed by atoms with Gasteiger partial charge >= 0.3 is 0 Å². The monoisotopic (exact) mass is 395 g/mol. The number of nitrogens with one attached hydrogen (secondary N) is 1. The van der Waals surface area contributed by atoms with Crippen molar-refractivity contribution < 1.29 is 23.4 Å². The van der Waals surface area contributed by atoms with E-state index in [0.29, 0.717) is 29.4 Å². The van der Waals surface area contributed by atoms with Crippen LogP contribution in [0.1, 0.15) is 22.8 Å². The van der Waals surface area contributed by atoms with E-state index < -0.39 is 5.82 Å². The summed E-state index contributed by atoms with van der Waals surface area (Å²) in [5, 5.41) is 2.69. The quantitative estimate of drug-likeness (QED) is 0.579. The molecule has 0 atom stereocenters. The molecule has 0 unspecified atom stereocenters. The Hall–Kier alpha value is -3.54. The van der Waals surface area contributed by atoms with Crippen molar-refractivity contribution in [1.29, 1.82) is 0 Å². The van der Waals surface area contributed by atoms with Gasteiger partial charge in [-0.15, -0.1) is 0 Å². The highest BCUT2D eigenvalue weighted by molar-refractivity contribution is 6.04. The molecule has 1 amide bonds. The topological polar surface area (TPSA) is 56.8 Å². The number of hydrogen-bond acceptors (Lipinski definition) is 4. The molecule has 0 aromatic heterocycles. The first-order valence-corrected chi connectivity index (χ1v) is 9.18. The molecule has 0 saturated heterocycles. The fourth-order valence-corrected chi connectivity index (χ4v) is 2.73. The molecule has 0 aliphatic heterocycles. The van der Waals surface area contributed by atoms with E-state index in [4.69, 9.17) is 14.2 Å². The van der Waals surface area contributed by atoms with E-state index >= 15 is 0 Å². The lowest BCUT2D eigenvalue weighted by molar-refractivity contribution is 0.102. The van der Waals surface area contributed by atoms with Gasteiger partial charge in [-0.2, -0.15) is 0 Å². The van der Waals surface area contributed by atoms with E-state index in [1.165, 1.54) is 18.2 Å². The molecule has 0 bridgehead atoms. The van der Waals surface area contributed by atoms with Gasteiger partial charge in [0.15, 0.2) is 0 Å². The zero-order valence-corrected chi connectivity index (χ0v) is 16.3. The number of methoxy groups -OCH3 is 1. The molecule has 0 spiro atoms. The summed E-state index contributed by atoms with van der Waals surface area (Å²) in [5.74, 6) is 1.29. The first-order valence-electron chi connectivity index (χ1n) is 9.18. The van der Waals surface area contributed by atoms with Crippen molar-refractivity contribution in [1.82, 2.24) is 0 Å².